The number of nitrogens with one attached hydrogen (secondary N) is 2. The Morgan fingerprint density at radius 2 is 1.89 bits per heavy atom. The molecular weight excluding hydrogens is 440 g/mol. The van der Waals surface area contributed by atoms with Gasteiger partial charge >= 0.3 is 12.1 Å². The molecule has 4 rings (SSSR count). The number of imide groups is 1. The van der Waals surface area contributed by atoms with Gasteiger partial charge in [-0.15, -0.1) is 0 Å². The predicted molar refractivity (Wildman–Crippen MR) is 141 cm³/mol. The number of carbonyl (C=O) groups excluding carboxylic acids is 2. The van der Waals surface area contributed by atoms with Crippen LogP contribution in [0.15, 0.2) is 54.7 Å². The first-order valence-electron chi connectivity index (χ1n) is 12.7. The third-order valence-electron chi connectivity index (χ3n) is 6.81. The van der Waals surface area contributed by atoms with E-state index in [1.807, 2.05) is 38.1 Å². The number of rotatable bonds is 7. The number of likely N-dealkylation sites (tertiary alicyclic amines) is 1. The number of aromatic amines is 1. The van der Waals surface area contributed by atoms with E-state index in [9.17, 15) is 9.59 Å². The number of hydrogen-bond donors (Lipinski definition) is 2. The largest absolute Gasteiger partial charge is 0.446 e. The lowest BCUT2D eigenvalue weighted by atomic mass is 9.89. The second-order valence-electron chi connectivity index (χ2n) is 9.32. The zero-order valence-corrected chi connectivity index (χ0v) is 20.9. The number of hydrogen-bond acceptors (Lipinski definition) is 4. The maximum absolute atomic E-state index is 13.3. The van der Waals surface area contributed by atoms with E-state index in [2.05, 4.69) is 28.3 Å². The highest BCUT2D eigenvalue weighted by Gasteiger charge is 2.27. The molecule has 35 heavy (non-hydrogen) atoms. The number of amides is 3. The molecule has 1 fully saturated rings. The topological polar surface area (TPSA) is 77.7 Å². The molecule has 186 valence electrons. The van der Waals surface area contributed by atoms with E-state index in [-0.39, 0.29) is 6.10 Å². The minimum atomic E-state index is -0.690. The summed E-state index contributed by atoms with van der Waals surface area (Å²) >= 11 is 0. The van der Waals surface area contributed by atoms with Crippen LogP contribution in [0, 0.1) is 0 Å². The fourth-order valence-electron chi connectivity index (χ4n) is 4.71. The molecule has 2 aromatic carbocycles. The Bertz CT molecular complexity index is 1140. The van der Waals surface area contributed by atoms with Crippen LogP contribution in [0.2, 0.25) is 0 Å². The zero-order chi connectivity index (χ0) is 24.8. The van der Waals surface area contributed by atoms with Gasteiger partial charge in [0.25, 0.3) is 0 Å². The smallest absolute Gasteiger partial charge is 0.422 e. The molecule has 1 aromatic heterocycles. The van der Waals surface area contributed by atoms with Crippen molar-refractivity contribution >= 4 is 34.4 Å². The van der Waals surface area contributed by atoms with Crippen molar-refractivity contribution in [1.29, 1.82) is 0 Å². The minimum Gasteiger partial charge on any atom is -0.446 e. The summed E-state index contributed by atoms with van der Waals surface area (Å²) in [6, 6.07) is 14.1. The summed E-state index contributed by atoms with van der Waals surface area (Å²) in [5.74, 6) is 0.495. The molecule has 2 N–H and O–H groups in total. The monoisotopic (exact) mass is 476 g/mol. The molecule has 3 aromatic rings. The van der Waals surface area contributed by atoms with E-state index in [1.54, 1.807) is 24.3 Å². The lowest BCUT2D eigenvalue weighted by Gasteiger charge is -2.31. The van der Waals surface area contributed by atoms with Crippen LogP contribution >= 0.6 is 0 Å². The highest BCUT2D eigenvalue weighted by molar-refractivity contribution is 6.16. The number of nitrogens with zero attached hydrogens (tertiary/aromatic N) is 2. The SMILES string of the molecule is CCCN1CCC(c2c[nH]c3ccc(NC(=O)N(C(=O)OC(C)CC)c4ccccc4)cc23)CC1. The molecule has 1 atom stereocenters. The van der Waals surface area contributed by atoms with Crippen molar-refractivity contribution in [3.8, 4) is 0 Å². The lowest BCUT2D eigenvalue weighted by Crippen LogP contribution is -2.41. The van der Waals surface area contributed by atoms with Gasteiger partial charge in [0, 0.05) is 22.8 Å². The van der Waals surface area contributed by atoms with Gasteiger partial charge in [-0.25, -0.2) is 9.59 Å². The van der Waals surface area contributed by atoms with E-state index in [0.29, 0.717) is 23.7 Å². The number of para-hydroxylation sites is 1. The number of anilines is 2. The van der Waals surface area contributed by atoms with Crippen molar-refractivity contribution in [1.82, 2.24) is 9.88 Å². The van der Waals surface area contributed by atoms with Gasteiger partial charge < -0.3 is 19.9 Å². The quantitative estimate of drug-likeness (QED) is 0.396. The number of benzene rings is 2. The Balaban J connectivity index is 1.54. The summed E-state index contributed by atoms with van der Waals surface area (Å²) < 4.78 is 5.47. The molecule has 3 amide bonds. The van der Waals surface area contributed by atoms with Gasteiger partial charge in [0.1, 0.15) is 6.10 Å². The molecule has 1 aliphatic rings. The predicted octanol–water partition coefficient (Wildman–Crippen LogP) is 6.73. The molecule has 1 aliphatic heterocycles. The molecule has 0 bridgehead atoms. The Hall–Kier alpha value is -3.32. The fraction of sp³-hybridized carbons (Fsp3) is 0.429. The second kappa shape index (κ2) is 11.4. The number of piperidine rings is 1. The van der Waals surface area contributed by atoms with Crippen LogP contribution in [0.1, 0.15) is 57.9 Å². The molecule has 7 heteroatoms. The van der Waals surface area contributed by atoms with Crippen molar-refractivity contribution < 1.29 is 14.3 Å². The Morgan fingerprint density at radius 3 is 2.57 bits per heavy atom. The van der Waals surface area contributed by atoms with E-state index in [0.717, 1.165) is 48.3 Å². The second-order valence-corrected chi connectivity index (χ2v) is 9.32. The van der Waals surface area contributed by atoms with Gasteiger partial charge in [-0.05, 0) is 94.1 Å². The molecule has 0 aliphatic carbocycles. The van der Waals surface area contributed by atoms with Crippen molar-refractivity contribution in [2.24, 2.45) is 0 Å². The first-order chi connectivity index (χ1) is 17.0. The maximum atomic E-state index is 13.3. The van der Waals surface area contributed by atoms with Gasteiger partial charge in [-0.3, -0.25) is 0 Å². The van der Waals surface area contributed by atoms with Crippen LogP contribution in [0.25, 0.3) is 10.9 Å². The first-order valence-corrected chi connectivity index (χ1v) is 12.7. The van der Waals surface area contributed by atoms with Gasteiger partial charge in [0.2, 0.25) is 0 Å². The fourth-order valence-corrected chi connectivity index (χ4v) is 4.71. The van der Waals surface area contributed by atoms with Crippen LogP contribution in [0.4, 0.5) is 21.0 Å². The Kier molecular flexibility index (Phi) is 8.08. The van der Waals surface area contributed by atoms with Gasteiger partial charge in [0.05, 0.1) is 5.69 Å². The van der Waals surface area contributed by atoms with Gasteiger partial charge in [0.15, 0.2) is 0 Å². The highest BCUT2D eigenvalue weighted by atomic mass is 16.6. The summed E-state index contributed by atoms with van der Waals surface area (Å²) in [5, 5.41) is 4.03. The van der Waals surface area contributed by atoms with Crippen LogP contribution in [0.3, 0.4) is 0 Å². The van der Waals surface area contributed by atoms with E-state index in [1.165, 1.54) is 12.0 Å². The van der Waals surface area contributed by atoms with Gasteiger partial charge in [-0.2, -0.15) is 4.90 Å². The molecule has 1 unspecified atom stereocenters. The van der Waals surface area contributed by atoms with E-state index >= 15 is 0 Å². The van der Waals surface area contributed by atoms with E-state index in [4.69, 9.17) is 4.74 Å². The number of fused-ring (bicyclic) bond motifs is 1. The summed E-state index contributed by atoms with van der Waals surface area (Å²) in [6.45, 7) is 9.37. The maximum Gasteiger partial charge on any atom is 0.422 e. The number of H-pyrrole nitrogens is 1. The summed E-state index contributed by atoms with van der Waals surface area (Å²) in [7, 11) is 0. The van der Waals surface area contributed by atoms with Crippen molar-refractivity contribution in [3.05, 3.63) is 60.3 Å². The molecule has 0 saturated carbocycles. The molecule has 0 spiro atoms. The van der Waals surface area contributed by atoms with Crippen LogP contribution in [-0.4, -0.2) is 47.7 Å². The van der Waals surface area contributed by atoms with Crippen LogP contribution < -0.4 is 10.2 Å². The van der Waals surface area contributed by atoms with Crippen molar-refractivity contribution in [3.63, 3.8) is 0 Å². The summed E-state index contributed by atoms with van der Waals surface area (Å²) in [6.07, 6.45) is 5.25. The van der Waals surface area contributed by atoms with Crippen LogP contribution in [0.5, 0.6) is 0 Å². The van der Waals surface area contributed by atoms with Crippen LogP contribution in [-0.2, 0) is 4.74 Å². The molecule has 7 nitrogen and oxygen atoms in total. The average Bonchev–Trinajstić information content (AvgIpc) is 3.28. The highest BCUT2D eigenvalue weighted by Crippen LogP contribution is 2.34. The number of aromatic nitrogens is 1. The number of carbonyl (C=O) groups is 2. The molecule has 0 radical (unpaired) electrons. The minimum absolute atomic E-state index is 0.288. The third-order valence-corrected chi connectivity index (χ3v) is 6.81. The zero-order valence-electron chi connectivity index (χ0n) is 20.9. The summed E-state index contributed by atoms with van der Waals surface area (Å²) in [4.78, 5) is 33.1. The molecular formula is C28H36N4O3. The normalized spacial score (nSPS) is 15.6. The lowest BCUT2D eigenvalue weighted by molar-refractivity contribution is 0.113. The summed E-state index contributed by atoms with van der Waals surface area (Å²) in [5.41, 5.74) is 3.44. The standard InChI is InChI=1S/C28H36N4O3/c1-4-15-31-16-13-21(14-17-31)25-19-29-26-12-11-22(18-24(25)26)30-27(33)32(23-9-7-6-8-10-23)28(34)35-20(3)5-2/h6-12,18-21,29H,4-5,13-17H2,1-3H3,(H,30,33). The number of urea groups is 1. The Morgan fingerprint density at radius 1 is 1.14 bits per heavy atom. The number of ether oxygens (including phenoxy) is 1. The Labute approximate surface area is 207 Å². The van der Waals surface area contributed by atoms with Crippen molar-refractivity contribution in [2.45, 2.75) is 58.5 Å². The molecule has 1 saturated heterocycles. The van der Waals surface area contributed by atoms with E-state index < -0.39 is 12.1 Å². The van der Waals surface area contributed by atoms with Crippen molar-refractivity contribution in [2.75, 3.05) is 29.9 Å². The first kappa shape index (κ1) is 24.8. The van der Waals surface area contributed by atoms with Gasteiger partial charge in [-0.1, -0.05) is 32.0 Å². The molecule has 2 heterocycles. The third kappa shape index (κ3) is 5.85. The average molecular weight is 477 g/mol.